The van der Waals surface area contributed by atoms with Crippen molar-refractivity contribution < 1.29 is 4.39 Å². The zero-order valence-corrected chi connectivity index (χ0v) is 12.5. The van der Waals surface area contributed by atoms with Gasteiger partial charge in [-0.3, -0.25) is 9.88 Å². The molecule has 0 amide bonds. The first-order chi connectivity index (χ1) is 10.1. The number of nitrogens with two attached hydrogens (primary N) is 1. The fraction of sp³-hybridized carbons (Fsp3) is 0.353. The molecule has 0 aliphatic heterocycles. The summed E-state index contributed by atoms with van der Waals surface area (Å²) in [5, 5.41) is 0. The van der Waals surface area contributed by atoms with Crippen LogP contribution in [0, 0.1) is 5.82 Å². The summed E-state index contributed by atoms with van der Waals surface area (Å²) in [5.41, 5.74) is 7.95. The average Bonchev–Trinajstić information content (AvgIpc) is 2.49. The molecule has 0 saturated heterocycles. The summed E-state index contributed by atoms with van der Waals surface area (Å²) < 4.78 is 14.1. The number of pyridine rings is 1. The van der Waals surface area contributed by atoms with Crippen LogP contribution in [0.3, 0.4) is 0 Å². The van der Waals surface area contributed by atoms with Crippen LogP contribution in [0.1, 0.15) is 31.0 Å². The van der Waals surface area contributed by atoms with E-state index in [1.54, 1.807) is 18.5 Å². The molecule has 1 aromatic heterocycles. The van der Waals surface area contributed by atoms with Crippen molar-refractivity contribution >= 4 is 0 Å². The Hall–Kier alpha value is -1.78. The number of likely N-dealkylation sites (N-methyl/N-ethyl adjacent to an activating group) is 1. The Bertz CT molecular complexity index is 557. The van der Waals surface area contributed by atoms with Gasteiger partial charge in [-0.05, 0) is 37.2 Å². The molecule has 112 valence electrons. The van der Waals surface area contributed by atoms with Gasteiger partial charge in [0.15, 0.2) is 0 Å². The van der Waals surface area contributed by atoms with E-state index < -0.39 is 0 Å². The van der Waals surface area contributed by atoms with Gasteiger partial charge in [0.25, 0.3) is 0 Å². The Morgan fingerprint density at radius 3 is 2.43 bits per heavy atom. The van der Waals surface area contributed by atoms with Crippen LogP contribution in [-0.4, -0.2) is 22.5 Å². The predicted octanol–water partition coefficient (Wildman–Crippen LogP) is 3.13. The lowest BCUT2D eigenvalue weighted by Gasteiger charge is -2.34. The minimum Gasteiger partial charge on any atom is -0.326 e. The molecule has 0 aliphatic carbocycles. The third-order valence-corrected chi connectivity index (χ3v) is 3.66. The highest BCUT2D eigenvalue weighted by Crippen LogP contribution is 2.27. The highest BCUT2D eigenvalue weighted by atomic mass is 19.1. The fourth-order valence-electron chi connectivity index (χ4n) is 2.66. The number of aromatic nitrogens is 1. The van der Waals surface area contributed by atoms with Gasteiger partial charge in [0.05, 0.1) is 6.04 Å². The van der Waals surface area contributed by atoms with Crippen LogP contribution < -0.4 is 5.73 Å². The lowest BCUT2D eigenvalue weighted by molar-refractivity contribution is 0.173. The summed E-state index contributed by atoms with van der Waals surface area (Å²) in [7, 11) is 0. The van der Waals surface area contributed by atoms with Gasteiger partial charge in [0, 0.05) is 30.5 Å². The summed E-state index contributed by atoms with van der Waals surface area (Å²) in [4.78, 5) is 6.22. The van der Waals surface area contributed by atoms with E-state index in [9.17, 15) is 4.39 Å². The predicted molar refractivity (Wildman–Crippen MR) is 83.1 cm³/mol. The van der Waals surface area contributed by atoms with Crippen molar-refractivity contribution in [3.8, 4) is 0 Å². The summed E-state index contributed by atoms with van der Waals surface area (Å²) in [6, 6.07) is 10.5. The van der Waals surface area contributed by atoms with Gasteiger partial charge in [0.2, 0.25) is 0 Å². The summed E-state index contributed by atoms with van der Waals surface area (Å²) >= 11 is 0. The largest absolute Gasteiger partial charge is 0.326 e. The second kappa shape index (κ2) is 7.29. The van der Waals surface area contributed by atoms with Gasteiger partial charge in [-0.1, -0.05) is 25.1 Å². The Morgan fingerprint density at radius 1 is 1.19 bits per heavy atom. The maximum Gasteiger partial charge on any atom is 0.128 e. The van der Waals surface area contributed by atoms with E-state index in [0.29, 0.717) is 5.56 Å². The molecule has 0 aliphatic rings. The number of hydrogen-bond acceptors (Lipinski definition) is 3. The van der Waals surface area contributed by atoms with E-state index in [1.807, 2.05) is 31.2 Å². The van der Waals surface area contributed by atoms with Gasteiger partial charge in [-0.2, -0.15) is 0 Å². The van der Waals surface area contributed by atoms with Crippen LogP contribution >= 0.6 is 0 Å². The third-order valence-electron chi connectivity index (χ3n) is 3.66. The SMILES string of the molecule is CCN(Cc1ccncc1)C(c1ccccc1F)C(C)N. The zero-order valence-electron chi connectivity index (χ0n) is 12.5. The van der Waals surface area contributed by atoms with Crippen molar-refractivity contribution in [3.05, 3.63) is 65.7 Å². The molecule has 3 nitrogen and oxygen atoms in total. The second-order valence-electron chi connectivity index (χ2n) is 5.24. The lowest BCUT2D eigenvalue weighted by atomic mass is 9.98. The van der Waals surface area contributed by atoms with Gasteiger partial charge in [-0.25, -0.2) is 4.39 Å². The minimum atomic E-state index is -0.201. The number of hydrogen-bond donors (Lipinski definition) is 1. The smallest absolute Gasteiger partial charge is 0.128 e. The first-order valence-corrected chi connectivity index (χ1v) is 7.26. The van der Waals surface area contributed by atoms with Gasteiger partial charge in [-0.15, -0.1) is 0 Å². The first-order valence-electron chi connectivity index (χ1n) is 7.26. The Morgan fingerprint density at radius 2 is 1.86 bits per heavy atom. The van der Waals surface area contributed by atoms with E-state index in [2.05, 4.69) is 16.8 Å². The third kappa shape index (κ3) is 3.86. The average molecular weight is 287 g/mol. The van der Waals surface area contributed by atoms with E-state index in [-0.39, 0.29) is 17.9 Å². The van der Waals surface area contributed by atoms with Gasteiger partial charge < -0.3 is 5.73 Å². The van der Waals surface area contributed by atoms with E-state index in [4.69, 9.17) is 5.73 Å². The van der Waals surface area contributed by atoms with E-state index in [1.165, 1.54) is 6.07 Å². The molecule has 2 N–H and O–H groups in total. The van der Waals surface area contributed by atoms with Crippen LogP contribution in [0.15, 0.2) is 48.8 Å². The molecule has 2 rings (SSSR count). The molecule has 1 aromatic carbocycles. The molecular weight excluding hydrogens is 265 g/mol. The minimum absolute atomic E-state index is 0.149. The van der Waals surface area contributed by atoms with Crippen molar-refractivity contribution in [2.45, 2.75) is 32.5 Å². The molecular formula is C17H22FN3. The number of rotatable bonds is 6. The Kier molecular flexibility index (Phi) is 5.42. The Balaban J connectivity index is 2.29. The quantitative estimate of drug-likeness (QED) is 0.887. The molecule has 0 saturated carbocycles. The molecule has 1 heterocycles. The van der Waals surface area contributed by atoms with Crippen LogP contribution in [0.5, 0.6) is 0 Å². The fourth-order valence-corrected chi connectivity index (χ4v) is 2.66. The van der Waals surface area contributed by atoms with Crippen LogP contribution in [0.2, 0.25) is 0 Å². The first kappa shape index (κ1) is 15.6. The van der Waals surface area contributed by atoms with Gasteiger partial charge in [0.1, 0.15) is 5.82 Å². The van der Waals surface area contributed by atoms with Crippen molar-refractivity contribution in [2.75, 3.05) is 6.54 Å². The highest BCUT2D eigenvalue weighted by Gasteiger charge is 2.25. The number of nitrogens with zero attached hydrogens (tertiary/aromatic N) is 2. The van der Waals surface area contributed by atoms with Crippen molar-refractivity contribution in [2.24, 2.45) is 5.73 Å². The summed E-state index contributed by atoms with van der Waals surface area (Å²) in [5.74, 6) is -0.201. The summed E-state index contributed by atoms with van der Waals surface area (Å²) in [6.07, 6.45) is 3.54. The molecule has 0 radical (unpaired) electrons. The monoisotopic (exact) mass is 287 g/mol. The molecule has 2 unspecified atom stereocenters. The molecule has 0 spiro atoms. The topological polar surface area (TPSA) is 42.2 Å². The Labute approximate surface area is 125 Å². The van der Waals surface area contributed by atoms with Crippen LogP contribution in [0.4, 0.5) is 4.39 Å². The molecule has 0 bridgehead atoms. The normalized spacial score (nSPS) is 14.1. The van der Waals surface area contributed by atoms with Crippen molar-refractivity contribution in [1.29, 1.82) is 0 Å². The van der Waals surface area contributed by atoms with Crippen molar-refractivity contribution in [1.82, 2.24) is 9.88 Å². The highest BCUT2D eigenvalue weighted by molar-refractivity contribution is 5.23. The van der Waals surface area contributed by atoms with E-state index in [0.717, 1.165) is 18.7 Å². The van der Waals surface area contributed by atoms with Crippen LogP contribution in [0.25, 0.3) is 0 Å². The molecule has 0 fully saturated rings. The maximum absolute atomic E-state index is 14.1. The zero-order chi connectivity index (χ0) is 15.2. The molecule has 4 heteroatoms. The lowest BCUT2D eigenvalue weighted by Crippen LogP contribution is -2.39. The van der Waals surface area contributed by atoms with Crippen LogP contribution in [-0.2, 0) is 6.54 Å². The molecule has 2 aromatic rings. The molecule has 2 atom stereocenters. The second-order valence-corrected chi connectivity index (χ2v) is 5.24. The van der Waals surface area contributed by atoms with Gasteiger partial charge >= 0.3 is 0 Å². The number of halogens is 1. The molecule has 21 heavy (non-hydrogen) atoms. The van der Waals surface area contributed by atoms with Crippen molar-refractivity contribution in [3.63, 3.8) is 0 Å². The maximum atomic E-state index is 14.1. The number of benzene rings is 1. The van der Waals surface area contributed by atoms with E-state index >= 15 is 0 Å². The summed E-state index contributed by atoms with van der Waals surface area (Å²) in [6.45, 7) is 5.51. The standard InChI is InChI=1S/C17H22FN3/c1-3-21(12-14-8-10-20-11-9-14)17(13(2)19)15-6-4-5-7-16(15)18/h4-11,13,17H,3,12,19H2,1-2H3.